The van der Waals surface area contributed by atoms with E-state index in [0.29, 0.717) is 36.1 Å². The zero-order valence-corrected chi connectivity index (χ0v) is 25.1. The third kappa shape index (κ3) is 9.82. The number of nitrogens with zero attached hydrogens (tertiary/aromatic N) is 1. The van der Waals surface area contributed by atoms with Gasteiger partial charge in [0.25, 0.3) is 0 Å². The van der Waals surface area contributed by atoms with Gasteiger partial charge < -0.3 is 24.4 Å². The lowest BCUT2D eigenvalue weighted by Crippen LogP contribution is -2.41. The number of esters is 2. The Kier molecular flexibility index (Phi) is 12.9. The van der Waals surface area contributed by atoms with Gasteiger partial charge in [-0.1, -0.05) is 24.3 Å². The summed E-state index contributed by atoms with van der Waals surface area (Å²) in [5.41, 5.74) is 3.25. The van der Waals surface area contributed by atoms with Gasteiger partial charge in [-0.15, -0.1) is 12.4 Å². The maximum atomic E-state index is 12.1. The van der Waals surface area contributed by atoms with E-state index in [1.165, 1.54) is 38.2 Å². The molecule has 2 aromatic rings. The summed E-state index contributed by atoms with van der Waals surface area (Å²) in [5.74, 6) is 0.446. The Bertz CT molecular complexity index is 1080. The first kappa shape index (κ1) is 33.1. The van der Waals surface area contributed by atoms with Gasteiger partial charge in [0.15, 0.2) is 0 Å². The van der Waals surface area contributed by atoms with Gasteiger partial charge in [0.05, 0.1) is 25.3 Å². The average molecular weight is 575 g/mol. The van der Waals surface area contributed by atoms with Crippen LogP contribution in [0.2, 0.25) is 0 Å². The number of hydrogen-bond acceptors (Lipinski definition) is 7. The molecule has 2 aromatic carbocycles. The number of hydrogen-bond donors (Lipinski definition) is 1. The van der Waals surface area contributed by atoms with Crippen LogP contribution in [0.3, 0.4) is 0 Å². The number of halogens is 1. The first-order valence-electron chi connectivity index (χ1n) is 13.7. The van der Waals surface area contributed by atoms with Crippen LogP contribution >= 0.6 is 12.4 Å². The fraction of sp³-hybridized carbons (Fsp3) is 0.516. The summed E-state index contributed by atoms with van der Waals surface area (Å²) in [7, 11) is 2.78. The third-order valence-electron chi connectivity index (χ3n) is 7.09. The molecule has 0 atom stereocenters. The summed E-state index contributed by atoms with van der Waals surface area (Å²) < 4.78 is 14.8. The molecule has 0 saturated carbocycles. The van der Waals surface area contributed by atoms with Crippen molar-refractivity contribution in [3.05, 3.63) is 70.8 Å². The fourth-order valence-corrected chi connectivity index (χ4v) is 4.90. The van der Waals surface area contributed by atoms with Crippen molar-refractivity contribution >= 4 is 30.4 Å². The highest BCUT2D eigenvalue weighted by atomic mass is 35.5. The average Bonchev–Trinajstić information content (AvgIpc) is 2.96. The lowest BCUT2D eigenvalue weighted by molar-refractivity contribution is 0.0204. The number of benzene rings is 2. The molecule has 40 heavy (non-hydrogen) atoms. The standard InChI is InChI=1S/C18H25NO4.C13H17NO2.ClH/c1-18(2,3)23-17(21)19-11-9-14(10-12-19)13-5-7-15(8-6-13)16(20)22-4;1-16-13(15)12-4-2-10(3-5-12)11-6-8-14-9-7-11;/h5-8,14H,9-12H2,1-4H3;2-5,11,14H,6-9H2,1H3;1H. The number of methoxy groups -OCH3 is 2. The zero-order valence-electron chi connectivity index (χ0n) is 24.2. The van der Waals surface area contributed by atoms with Crippen LogP contribution < -0.4 is 5.32 Å². The van der Waals surface area contributed by atoms with Crippen molar-refractivity contribution < 1.29 is 28.6 Å². The van der Waals surface area contributed by atoms with Gasteiger partial charge >= 0.3 is 18.0 Å². The molecule has 2 aliphatic rings. The molecule has 0 unspecified atom stereocenters. The van der Waals surface area contributed by atoms with Crippen molar-refractivity contribution in [2.45, 2.75) is 63.9 Å². The van der Waals surface area contributed by atoms with Gasteiger partial charge in [-0.2, -0.15) is 0 Å². The van der Waals surface area contributed by atoms with E-state index >= 15 is 0 Å². The maximum Gasteiger partial charge on any atom is 0.410 e. The molecule has 0 bridgehead atoms. The SMILES string of the molecule is COC(=O)c1ccc(C2CCN(C(=O)OC(C)(C)C)CC2)cc1.COC(=O)c1ccc(C2CCNCC2)cc1.Cl. The molecule has 1 N–H and O–H groups in total. The first-order chi connectivity index (χ1) is 18.6. The normalized spacial score (nSPS) is 16.1. The van der Waals surface area contributed by atoms with E-state index in [4.69, 9.17) is 9.47 Å². The van der Waals surface area contributed by atoms with Crippen molar-refractivity contribution in [3.8, 4) is 0 Å². The molecule has 4 rings (SSSR count). The van der Waals surface area contributed by atoms with Crippen LogP contribution in [-0.4, -0.2) is 68.9 Å². The van der Waals surface area contributed by atoms with Gasteiger partial charge in [-0.05, 0) is 107 Å². The van der Waals surface area contributed by atoms with Crippen LogP contribution in [0.4, 0.5) is 4.79 Å². The monoisotopic (exact) mass is 574 g/mol. The second-order valence-electron chi connectivity index (χ2n) is 11.0. The molecule has 2 saturated heterocycles. The van der Waals surface area contributed by atoms with E-state index in [1.54, 1.807) is 17.0 Å². The molecule has 2 aliphatic heterocycles. The number of nitrogens with one attached hydrogen (secondary N) is 1. The maximum absolute atomic E-state index is 12.1. The third-order valence-corrected chi connectivity index (χ3v) is 7.09. The molecule has 2 heterocycles. The molecule has 220 valence electrons. The summed E-state index contributed by atoms with van der Waals surface area (Å²) in [5, 5.41) is 3.35. The zero-order chi connectivity index (χ0) is 28.4. The fourth-order valence-electron chi connectivity index (χ4n) is 4.90. The first-order valence-corrected chi connectivity index (χ1v) is 13.7. The smallest absolute Gasteiger partial charge is 0.410 e. The number of likely N-dealkylation sites (tertiary alicyclic amines) is 1. The van der Waals surface area contributed by atoms with E-state index in [-0.39, 0.29) is 30.4 Å². The van der Waals surface area contributed by atoms with Crippen molar-refractivity contribution in [3.63, 3.8) is 0 Å². The van der Waals surface area contributed by atoms with Crippen LogP contribution in [0, 0.1) is 0 Å². The second kappa shape index (κ2) is 15.6. The molecule has 0 aromatic heterocycles. The van der Waals surface area contributed by atoms with Gasteiger partial charge in [-0.25, -0.2) is 14.4 Å². The van der Waals surface area contributed by atoms with Crippen molar-refractivity contribution in [2.75, 3.05) is 40.4 Å². The summed E-state index contributed by atoms with van der Waals surface area (Å²) in [6, 6.07) is 15.3. The number of ether oxygens (including phenoxy) is 3. The molecule has 0 spiro atoms. The summed E-state index contributed by atoms with van der Waals surface area (Å²) in [6.45, 7) is 9.19. The largest absolute Gasteiger partial charge is 0.465 e. The van der Waals surface area contributed by atoms with E-state index in [1.807, 2.05) is 57.2 Å². The molecular formula is C31H43ClN2O6. The summed E-state index contributed by atoms with van der Waals surface area (Å²) >= 11 is 0. The van der Waals surface area contributed by atoms with Gasteiger partial charge in [0.1, 0.15) is 5.60 Å². The van der Waals surface area contributed by atoms with Crippen molar-refractivity contribution in [2.24, 2.45) is 0 Å². The van der Waals surface area contributed by atoms with E-state index in [0.717, 1.165) is 25.9 Å². The van der Waals surface area contributed by atoms with Gasteiger partial charge in [-0.3, -0.25) is 0 Å². The highest BCUT2D eigenvalue weighted by Gasteiger charge is 2.27. The van der Waals surface area contributed by atoms with E-state index in [9.17, 15) is 14.4 Å². The van der Waals surface area contributed by atoms with Gasteiger partial charge in [0.2, 0.25) is 0 Å². The van der Waals surface area contributed by atoms with Crippen LogP contribution in [-0.2, 0) is 14.2 Å². The van der Waals surface area contributed by atoms with E-state index < -0.39 is 5.60 Å². The quantitative estimate of drug-likeness (QED) is 0.356. The second-order valence-corrected chi connectivity index (χ2v) is 11.0. The number of carbonyl (C=O) groups excluding carboxylic acids is 3. The lowest BCUT2D eigenvalue weighted by atomic mass is 9.89. The van der Waals surface area contributed by atoms with Crippen LogP contribution in [0.5, 0.6) is 0 Å². The van der Waals surface area contributed by atoms with Crippen molar-refractivity contribution in [1.29, 1.82) is 0 Å². The Hall–Kier alpha value is -3.10. The topological polar surface area (TPSA) is 94.2 Å². The van der Waals surface area contributed by atoms with Crippen LogP contribution in [0.1, 0.15) is 90.1 Å². The molecule has 0 aliphatic carbocycles. The lowest BCUT2D eigenvalue weighted by Gasteiger charge is -2.33. The highest BCUT2D eigenvalue weighted by Crippen LogP contribution is 2.29. The Balaban J connectivity index is 0.000000290. The summed E-state index contributed by atoms with van der Waals surface area (Å²) in [4.78, 5) is 36.6. The molecule has 1 amide bonds. The minimum Gasteiger partial charge on any atom is -0.465 e. The van der Waals surface area contributed by atoms with Crippen molar-refractivity contribution in [1.82, 2.24) is 10.2 Å². The Morgan fingerprint density at radius 3 is 1.50 bits per heavy atom. The van der Waals surface area contributed by atoms with Crippen LogP contribution in [0.25, 0.3) is 0 Å². The number of piperidine rings is 2. The molecule has 2 fully saturated rings. The Morgan fingerprint density at radius 2 is 1.12 bits per heavy atom. The highest BCUT2D eigenvalue weighted by molar-refractivity contribution is 5.89. The summed E-state index contributed by atoms with van der Waals surface area (Å²) in [6.07, 6.45) is 3.92. The minimum atomic E-state index is -0.461. The molecule has 8 nitrogen and oxygen atoms in total. The Morgan fingerprint density at radius 1 is 0.725 bits per heavy atom. The van der Waals surface area contributed by atoms with Gasteiger partial charge in [0, 0.05) is 13.1 Å². The molecule has 9 heteroatoms. The van der Waals surface area contributed by atoms with Crippen LogP contribution in [0.15, 0.2) is 48.5 Å². The number of rotatable bonds is 4. The Labute approximate surface area is 244 Å². The molecule has 0 radical (unpaired) electrons. The molecular weight excluding hydrogens is 532 g/mol. The number of carbonyl (C=O) groups is 3. The van der Waals surface area contributed by atoms with E-state index in [2.05, 4.69) is 10.1 Å². The minimum absolute atomic E-state index is 0. The predicted molar refractivity (Wildman–Crippen MR) is 157 cm³/mol. The predicted octanol–water partition coefficient (Wildman–Crippen LogP) is 5.95. The number of amides is 1.